The van der Waals surface area contributed by atoms with Crippen LogP contribution in [0.3, 0.4) is 0 Å². The molecule has 29 heavy (non-hydrogen) atoms. The highest BCUT2D eigenvalue weighted by atomic mass is 16.3. The van der Waals surface area contributed by atoms with Crippen molar-refractivity contribution in [3.05, 3.63) is 71.7 Å². The highest BCUT2D eigenvalue weighted by molar-refractivity contribution is 5.85. The largest absolute Gasteiger partial charge is 0.508 e. The third-order valence-electron chi connectivity index (χ3n) is 5.56. The quantitative estimate of drug-likeness (QED) is 0.714. The third-order valence-corrected chi connectivity index (χ3v) is 5.56. The van der Waals surface area contributed by atoms with E-state index in [0.29, 0.717) is 11.8 Å². The Kier molecular flexibility index (Phi) is 4.27. The number of allylic oxidation sites excluding steroid dienone is 1. The van der Waals surface area contributed by atoms with Crippen LogP contribution in [0.2, 0.25) is 0 Å². The molecule has 0 unspecified atom stereocenters. The Bertz CT molecular complexity index is 1060. The number of piperazine rings is 1. The van der Waals surface area contributed by atoms with Crippen LogP contribution >= 0.6 is 0 Å². The Hall–Kier alpha value is -3.61. The summed E-state index contributed by atoms with van der Waals surface area (Å²) in [6, 6.07) is 11.3. The van der Waals surface area contributed by atoms with Crippen LogP contribution in [-0.4, -0.2) is 46.2 Å². The van der Waals surface area contributed by atoms with Crippen LogP contribution in [0.25, 0.3) is 5.57 Å². The van der Waals surface area contributed by atoms with Crippen molar-refractivity contribution in [2.75, 3.05) is 41.7 Å². The van der Waals surface area contributed by atoms with Gasteiger partial charge in [-0.05, 0) is 48.4 Å². The van der Waals surface area contributed by atoms with Gasteiger partial charge in [-0.3, -0.25) is 4.98 Å². The third kappa shape index (κ3) is 3.24. The van der Waals surface area contributed by atoms with Gasteiger partial charge >= 0.3 is 0 Å². The van der Waals surface area contributed by atoms with Crippen LogP contribution in [-0.2, 0) is 6.42 Å². The molecule has 1 aliphatic carbocycles. The molecule has 1 aromatic carbocycles. The Balaban J connectivity index is 1.37. The van der Waals surface area contributed by atoms with E-state index in [2.05, 4.69) is 25.8 Å². The average molecular weight is 386 g/mol. The smallest absolute Gasteiger partial charge is 0.228 e. The lowest BCUT2D eigenvalue weighted by atomic mass is 10.1. The van der Waals surface area contributed by atoms with E-state index in [1.54, 1.807) is 24.5 Å². The number of hydrogen-bond donors (Lipinski definition) is 2. The molecule has 0 atom stereocenters. The highest BCUT2D eigenvalue weighted by Crippen LogP contribution is 2.35. The molecule has 146 valence electrons. The molecule has 0 amide bonds. The predicted octanol–water partition coefficient (Wildman–Crippen LogP) is 2.47. The maximum Gasteiger partial charge on any atom is 0.228 e. The second kappa shape index (κ2) is 7.09. The molecule has 2 aromatic heterocycles. The van der Waals surface area contributed by atoms with Crippen LogP contribution < -0.4 is 15.5 Å². The van der Waals surface area contributed by atoms with Gasteiger partial charge in [-0.25, -0.2) is 4.98 Å². The minimum Gasteiger partial charge on any atom is -0.508 e. The Morgan fingerprint density at radius 2 is 1.55 bits per heavy atom. The number of nitrogen functional groups attached to an aromatic ring is 1. The minimum absolute atomic E-state index is 0.285. The molecule has 5 rings (SSSR count). The lowest BCUT2D eigenvalue weighted by Gasteiger charge is -2.36. The number of anilines is 3. The highest BCUT2D eigenvalue weighted by Gasteiger charge is 2.25. The van der Waals surface area contributed by atoms with Crippen LogP contribution in [0.15, 0.2) is 54.9 Å². The molecule has 0 spiro atoms. The summed E-state index contributed by atoms with van der Waals surface area (Å²) in [5.74, 6) is 1.53. The maximum atomic E-state index is 9.49. The number of pyridine rings is 1. The Morgan fingerprint density at radius 3 is 2.28 bits per heavy atom. The zero-order valence-corrected chi connectivity index (χ0v) is 16.0. The second-order valence-corrected chi connectivity index (χ2v) is 7.28. The molecule has 1 aliphatic heterocycles. The van der Waals surface area contributed by atoms with E-state index in [0.717, 1.165) is 60.7 Å². The van der Waals surface area contributed by atoms with Crippen molar-refractivity contribution >= 4 is 23.0 Å². The van der Waals surface area contributed by atoms with E-state index in [4.69, 9.17) is 10.7 Å². The number of phenolic OH excluding ortho intramolecular Hbond substituents is 1. The van der Waals surface area contributed by atoms with E-state index in [-0.39, 0.29) is 5.75 Å². The Morgan fingerprint density at radius 1 is 0.862 bits per heavy atom. The SMILES string of the molecule is Nc1nc(N2CCN(c3ccc(O)cc3)CC2)nc2c1CC=C2c1ccncc1. The standard InChI is InChI=1S/C22H22N6O/c23-21-19-6-5-18(15-7-9-24-10-8-15)20(19)25-22(26-21)28-13-11-27(12-14-28)16-1-3-17(29)4-2-16/h1-5,7-10,29H,6,11-14H2,(H2,23,25,26). The van der Waals surface area contributed by atoms with Crippen molar-refractivity contribution in [3.63, 3.8) is 0 Å². The summed E-state index contributed by atoms with van der Waals surface area (Å²) in [6.07, 6.45) is 6.51. The van der Waals surface area contributed by atoms with E-state index in [9.17, 15) is 5.11 Å². The van der Waals surface area contributed by atoms with Crippen molar-refractivity contribution in [1.29, 1.82) is 0 Å². The van der Waals surface area contributed by atoms with Crippen molar-refractivity contribution in [3.8, 4) is 5.75 Å². The molecular weight excluding hydrogens is 364 g/mol. The first-order valence-electron chi connectivity index (χ1n) is 9.75. The van der Waals surface area contributed by atoms with E-state index >= 15 is 0 Å². The molecule has 3 N–H and O–H groups in total. The molecule has 0 saturated carbocycles. The number of phenols is 1. The number of fused-ring (bicyclic) bond motifs is 1. The van der Waals surface area contributed by atoms with Crippen LogP contribution in [0.4, 0.5) is 17.5 Å². The second-order valence-electron chi connectivity index (χ2n) is 7.28. The summed E-state index contributed by atoms with van der Waals surface area (Å²) in [5.41, 5.74) is 11.5. The van der Waals surface area contributed by atoms with Gasteiger partial charge in [-0.1, -0.05) is 6.08 Å². The van der Waals surface area contributed by atoms with Gasteiger partial charge in [-0.2, -0.15) is 4.98 Å². The Labute approximate surface area is 169 Å². The summed E-state index contributed by atoms with van der Waals surface area (Å²) in [6.45, 7) is 3.34. The normalized spacial score (nSPS) is 15.9. The van der Waals surface area contributed by atoms with Gasteiger partial charge in [0.05, 0.1) is 5.69 Å². The molecule has 0 radical (unpaired) electrons. The number of nitrogens with zero attached hydrogens (tertiary/aromatic N) is 5. The minimum atomic E-state index is 0.285. The fourth-order valence-electron chi connectivity index (χ4n) is 3.97. The molecular formula is C22H22N6O. The van der Waals surface area contributed by atoms with Gasteiger partial charge in [-0.15, -0.1) is 0 Å². The van der Waals surface area contributed by atoms with Gasteiger partial charge in [0.15, 0.2) is 0 Å². The molecule has 3 aromatic rings. The predicted molar refractivity (Wildman–Crippen MR) is 114 cm³/mol. The van der Waals surface area contributed by atoms with Crippen molar-refractivity contribution in [2.45, 2.75) is 6.42 Å². The van der Waals surface area contributed by atoms with Gasteiger partial charge in [0.2, 0.25) is 5.95 Å². The molecule has 3 heterocycles. The molecule has 2 aliphatic rings. The fourth-order valence-corrected chi connectivity index (χ4v) is 3.97. The van der Waals surface area contributed by atoms with Gasteiger partial charge in [0.25, 0.3) is 0 Å². The van der Waals surface area contributed by atoms with E-state index < -0.39 is 0 Å². The topological polar surface area (TPSA) is 91.4 Å². The van der Waals surface area contributed by atoms with E-state index in [1.807, 2.05) is 24.3 Å². The summed E-state index contributed by atoms with van der Waals surface area (Å²) >= 11 is 0. The molecule has 1 fully saturated rings. The lowest BCUT2D eigenvalue weighted by Crippen LogP contribution is -2.47. The zero-order chi connectivity index (χ0) is 19.8. The summed E-state index contributed by atoms with van der Waals surface area (Å²) in [5, 5.41) is 9.49. The first kappa shape index (κ1) is 17.5. The van der Waals surface area contributed by atoms with Crippen molar-refractivity contribution in [1.82, 2.24) is 15.0 Å². The molecule has 1 saturated heterocycles. The number of nitrogens with two attached hydrogens (primary N) is 1. The first-order chi connectivity index (χ1) is 14.2. The number of aromatic nitrogens is 3. The maximum absolute atomic E-state index is 9.49. The number of aromatic hydroxyl groups is 1. The molecule has 7 heteroatoms. The molecule has 0 bridgehead atoms. The zero-order valence-electron chi connectivity index (χ0n) is 16.0. The number of rotatable bonds is 3. The first-order valence-corrected chi connectivity index (χ1v) is 9.75. The number of hydrogen-bond acceptors (Lipinski definition) is 7. The van der Waals surface area contributed by atoms with Gasteiger partial charge in [0.1, 0.15) is 11.6 Å². The average Bonchev–Trinajstić information content (AvgIpc) is 3.20. The lowest BCUT2D eigenvalue weighted by molar-refractivity contribution is 0.475. The monoisotopic (exact) mass is 386 g/mol. The summed E-state index contributed by atoms with van der Waals surface area (Å²) in [7, 11) is 0. The fraction of sp³-hybridized carbons (Fsp3) is 0.227. The van der Waals surface area contributed by atoms with Crippen LogP contribution in [0.5, 0.6) is 5.75 Å². The number of benzene rings is 1. The molecule has 7 nitrogen and oxygen atoms in total. The van der Waals surface area contributed by atoms with Gasteiger partial charge < -0.3 is 20.6 Å². The van der Waals surface area contributed by atoms with Crippen LogP contribution in [0, 0.1) is 0 Å². The van der Waals surface area contributed by atoms with Crippen LogP contribution in [0.1, 0.15) is 16.8 Å². The van der Waals surface area contributed by atoms with Gasteiger partial charge in [0, 0.05) is 55.4 Å². The summed E-state index contributed by atoms with van der Waals surface area (Å²) < 4.78 is 0. The van der Waals surface area contributed by atoms with Crippen molar-refractivity contribution in [2.24, 2.45) is 0 Å². The summed E-state index contributed by atoms with van der Waals surface area (Å²) in [4.78, 5) is 18.1. The van der Waals surface area contributed by atoms with Crippen molar-refractivity contribution < 1.29 is 5.11 Å². The van der Waals surface area contributed by atoms with E-state index in [1.165, 1.54) is 0 Å².